The molecular weight excluding hydrogens is 254 g/mol. The first kappa shape index (κ1) is 15.1. The largest absolute Gasteiger partial charge is 1.00 e. The van der Waals surface area contributed by atoms with Crippen molar-refractivity contribution in [2.45, 2.75) is 53.2 Å². The molecule has 0 N–H and O–H groups in total. The summed E-state index contributed by atoms with van der Waals surface area (Å²) < 4.78 is 8.14. The van der Waals surface area contributed by atoms with Crippen LogP contribution in [0.15, 0.2) is 0 Å². The van der Waals surface area contributed by atoms with Gasteiger partial charge < -0.3 is 21.7 Å². The second-order valence-electron chi connectivity index (χ2n) is 5.19. The first-order valence-corrected chi connectivity index (χ1v) is 5.68. The smallest absolute Gasteiger partial charge is 0.168 e. The van der Waals surface area contributed by atoms with Gasteiger partial charge in [0.2, 0.25) is 0 Å². The fourth-order valence-corrected chi connectivity index (χ4v) is 2.15. The monoisotopic (exact) mass is 277 g/mol. The van der Waals surface area contributed by atoms with E-state index >= 15 is 0 Å². The summed E-state index contributed by atoms with van der Waals surface area (Å²) in [6.45, 7) is 13.0. The zero-order chi connectivity index (χ0) is 10.8. The Kier molecular flexibility index (Phi) is 6.04. The summed E-state index contributed by atoms with van der Waals surface area (Å²) in [6.07, 6.45) is 3.92. The number of hydrogen-bond acceptors (Lipinski definition) is 1. The average Bonchev–Trinajstić information content (AvgIpc) is 2.01. The van der Waals surface area contributed by atoms with Crippen molar-refractivity contribution in [2.24, 2.45) is 5.41 Å². The van der Waals surface area contributed by atoms with E-state index in [0.717, 1.165) is 19.6 Å². The molecule has 2 nitrogen and oxygen atoms in total. The lowest BCUT2D eigenvalue weighted by Gasteiger charge is -2.30. The zero-order valence-corrected chi connectivity index (χ0v) is 12.2. The van der Waals surface area contributed by atoms with Gasteiger partial charge >= 0.3 is 0 Å². The molecule has 0 spiro atoms. The van der Waals surface area contributed by atoms with Crippen LogP contribution >= 0.6 is 0 Å². The normalized spacial score (nSPS) is 24.7. The highest BCUT2D eigenvalue weighted by Gasteiger charge is 2.34. The lowest BCUT2D eigenvalue weighted by Crippen LogP contribution is -3.00. The highest BCUT2D eigenvalue weighted by atomic mass is 79.9. The minimum Gasteiger partial charge on any atom is -1.00 e. The van der Waals surface area contributed by atoms with Crippen LogP contribution in [-0.4, -0.2) is 36.1 Å². The molecule has 0 aromatic rings. The Bertz CT molecular complexity index is 224. The molecule has 0 aliphatic carbocycles. The van der Waals surface area contributed by atoms with Crippen LogP contribution in [0.2, 0.25) is 0 Å². The highest BCUT2D eigenvalue weighted by Crippen LogP contribution is 2.25. The Morgan fingerprint density at radius 2 is 2.07 bits per heavy atom. The van der Waals surface area contributed by atoms with Gasteiger partial charge in [-0.2, -0.15) is 0 Å². The molecule has 1 aliphatic rings. The predicted molar refractivity (Wildman–Crippen MR) is 60.1 cm³/mol. The van der Waals surface area contributed by atoms with E-state index in [2.05, 4.69) is 45.4 Å². The second-order valence-corrected chi connectivity index (χ2v) is 5.19. The molecule has 0 saturated heterocycles. The molecule has 1 heterocycles. The highest BCUT2D eigenvalue weighted by molar-refractivity contribution is 5.60. The van der Waals surface area contributed by atoms with E-state index in [1.54, 1.807) is 0 Å². The van der Waals surface area contributed by atoms with Crippen LogP contribution < -0.4 is 17.0 Å². The third kappa shape index (κ3) is 4.64. The quantitative estimate of drug-likeness (QED) is 0.623. The van der Waals surface area contributed by atoms with Gasteiger partial charge in [0, 0.05) is 12.0 Å². The molecule has 0 aromatic carbocycles. The van der Waals surface area contributed by atoms with Crippen molar-refractivity contribution in [3.8, 4) is 0 Å². The van der Waals surface area contributed by atoms with E-state index in [1.807, 2.05) is 0 Å². The lowest BCUT2D eigenvalue weighted by molar-refractivity contribution is -0.571. The van der Waals surface area contributed by atoms with Gasteiger partial charge in [-0.25, -0.2) is 4.58 Å². The van der Waals surface area contributed by atoms with E-state index in [0.29, 0.717) is 12.1 Å². The molecule has 0 aromatic heterocycles. The first-order valence-electron chi connectivity index (χ1n) is 5.68. The molecule has 0 radical (unpaired) electrons. The van der Waals surface area contributed by atoms with Crippen molar-refractivity contribution in [1.29, 1.82) is 0 Å². The summed E-state index contributed by atoms with van der Waals surface area (Å²) in [4.78, 5) is 0. The summed E-state index contributed by atoms with van der Waals surface area (Å²) in [7, 11) is 0. The van der Waals surface area contributed by atoms with Crippen molar-refractivity contribution in [2.75, 3.05) is 13.2 Å². The zero-order valence-electron chi connectivity index (χ0n) is 10.6. The van der Waals surface area contributed by atoms with Crippen molar-refractivity contribution in [3.05, 3.63) is 0 Å². The summed E-state index contributed by atoms with van der Waals surface area (Å²) in [5.41, 5.74) is 0.280. The Hall–Kier alpha value is 0.110. The fraction of sp³-hybridized carbons (Fsp3) is 0.917. The van der Waals surface area contributed by atoms with Crippen LogP contribution in [0.5, 0.6) is 0 Å². The van der Waals surface area contributed by atoms with Gasteiger partial charge in [-0.15, -0.1) is 0 Å². The maximum Gasteiger partial charge on any atom is 0.168 e. The van der Waals surface area contributed by atoms with E-state index < -0.39 is 0 Å². The SMILES string of the molecule is CCOC1C[N+](C(C)C)=CC(C)(C)C1.[Br-]. The van der Waals surface area contributed by atoms with Gasteiger partial charge in [-0.05, 0) is 27.2 Å². The number of hydrogen-bond donors (Lipinski definition) is 0. The van der Waals surface area contributed by atoms with E-state index in [4.69, 9.17) is 4.74 Å². The summed E-state index contributed by atoms with van der Waals surface area (Å²) in [6, 6.07) is 0.581. The average molecular weight is 278 g/mol. The van der Waals surface area contributed by atoms with E-state index in [9.17, 15) is 0 Å². The fourth-order valence-electron chi connectivity index (χ4n) is 2.15. The molecule has 90 valence electrons. The van der Waals surface area contributed by atoms with Crippen LogP contribution in [-0.2, 0) is 4.74 Å². The minimum atomic E-state index is 0. The maximum absolute atomic E-state index is 5.74. The first-order chi connectivity index (χ1) is 6.44. The third-order valence-electron chi connectivity index (χ3n) is 2.75. The number of ether oxygens (including phenoxy) is 1. The van der Waals surface area contributed by atoms with Gasteiger partial charge in [0.05, 0.1) is 0 Å². The van der Waals surface area contributed by atoms with Crippen LogP contribution in [0.3, 0.4) is 0 Å². The van der Waals surface area contributed by atoms with Gasteiger partial charge in [0.1, 0.15) is 18.4 Å². The molecule has 0 bridgehead atoms. The van der Waals surface area contributed by atoms with Gasteiger partial charge in [0.25, 0.3) is 0 Å². The number of halogens is 1. The number of rotatable bonds is 3. The molecular formula is C12H24BrNO. The third-order valence-corrected chi connectivity index (χ3v) is 2.75. The molecule has 0 amide bonds. The van der Waals surface area contributed by atoms with Gasteiger partial charge in [-0.3, -0.25) is 0 Å². The lowest BCUT2D eigenvalue weighted by atomic mass is 9.85. The minimum absolute atomic E-state index is 0. The molecule has 3 heteroatoms. The molecule has 15 heavy (non-hydrogen) atoms. The maximum atomic E-state index is 5.74. The van der Waals surface area contributed by atoms with Crippen LogP contribution in [0, 0.1) is 5.41 Å². The summed E-state index contributed by atoms with van der Waals surface area (Å²) in [5.74, 6) is 0. The summed E-state index contributed by atoms with van der Waals surface area (Å²) in [5, 5.41) is 0. The Morgan fingerprint density at radius 1 is 1.47 bits per heavy atom. The molecule has 1 rings (SSSR count). The van der Waals surface area contributed by atoms with Gasteiger partial charge in [-0.1, -0.05) is 13.8 Å². The van der Waals surface area contributed by atoms with Crippen molar-refractivity contribution < 1.29 is 26.3 Å². The summed E-state index contributed by atoms with van der Waals surface area (Å²) >= 11 is 0. The molecule has 1 aliphatic heterocycles. The second kappa shape index (κ2) is 6.00. The topological polar surface area (TPSA) is 12.2 Å². The van der Waals surface area contributed by atoms with E-state index in [1.165, 1.54) is 0 Å². The molecule has 0 saturated carbocycles. The molecule has 1 unspecified atom stereocenters. The van der Waals surface area contributed by atoms with Crippen molar-refractivity contribution in [3.63, 3.8) is 0 Å². The van der Waals surface area contributed by atoms with Crippen molar-refractivity contribution >= 4 is 6.21 Å². The predicted octanol–water partition coefficient (Wildman–Crippen LogP) is -0.683. The molecule has 0 fully saturated rings. The van der Waals surface area contributed by atoms with Crippen LogP contribution in [0.4, 0.5) is 0 Å². The standard InChI is InChI=1S/C12H24NO.BrH/c1-6-14-11-7-12(4,5)9-13(8-11)10(2)3;/h9-11H,6-8H2,1-5H3;1H/q+1;/p-1. The molecule has 1 atom stereocenters. The Balaban J connectivity index is 0.00000196. The van der Waals surface area contributed by atoms with Crippen molar-refractivity contribution in [1.82, 2.24) is 0 Å². The van der Waals surface area contributed by atoms with Gasteiger partial charge in [0.15, 0.2) is 6.54 Å². The van der Waals surface area contributed by atoms with Crippen LogP contribution in [0.25, 0.3) is 0 Å². The Labute approximate surface area is 104 Å². The Morgan fingerprint density at radius 3 is 2.53 bits per heavy atom. The number of nitrogens with zero attached hydrogens (tertiary/aromatic N) is 1. The van der Waals surface area contributed by atoms with Crippen LogP contribution in [0.1, 0.15) is 41.0 Å². The van der Waals surface area contributed by atoms with E-state index in [-0.39, 0.29) is 22.4 Å².